The van der Waals surface area contributed by atoms with Crippen molar-refractivity contribution in [1.29, 1.82) is 0 Å². The molecule has 0 saturated carbocycles. The van der Waals surface area contributed by atoms with E-state index >= 15 is 0 Å². The molecule has 132 valence electrons. The third-order valence-corrected chi connectivity index (χ3v) is 3.74. The Balaban J connectivity index is 1.77. The average Bonchev–Trinajstić information content (AvgIpc) is 3.01. The summed E-state index contributed by atoms with van der Waals surface area (Å²) in [5, 5.41) is 7.87. The van der Waals surface area contributed by atoms with E-state index in [1.54, 1.807) is 0 Å². The van der Waals surface area contributed by atoms with Gasteiger partial charge in [-0.25, -0.2) is 4.99 Å². The van der Waals surface area contributed by atoms with Crippen molar-refractivity contribution in [1.82, 2.24) is 15.6 Å². The SMILES string of the molecule is CCCCOCCCNC(=NCc1cc2ccccc2[nH]1)NCC. The standard InChI is InChI=1S/C19H30N4O/c1-3-5-12-24-13-8-11-21-19(20-4-2)22-15-17-14-16-9-6-7-10-18(16)23-17/h6-7,9-10,14,23H,3-5,8,11-13,15H2,1-2H3,(H2,20,21,22). The van der Waals surface area contributed by atoms with Crippen LogP contribution in [0.5, 0.6) is 0 Å². The molecule has 1 aromatic heterocycles. The Kier molecular flexibility index (Phi) is 8.18. The fourth-order valence-corrected chi connectivity index (χ4v) is 2.45. The predicted octanol–water partition coefficient (Wildman–Crippen LogP) is 3.43. The summed E-state index contributed by atoms with van der Waals surface area (Å²) in [7, 11) is 0. The Morgan fingerprint density at radius 3 is 2.75 bits per heavy atom. The Hall–Kier alpha value is -2.01. The van der Waals surface area contributed by atoms with Crippen molar-refractivity contribution >= 4 is 16.9 Å². The normalized spacial score (nSPS) is 11.8. The largest absolute Gasteiger partial charge is 0.381 e. The van der Waals surface area contributed by atoms with E-state index in [-0.39, 0.29) is 0 Å². The van der Waals surface area contributed by atoms with Crippen LogP contribution < -0.4 is 10.6 Å². The summed E-state index contributed by atoms with van der Waals surface area (Å²) in [6.45, 7) is 8.28. The number of H-pyrrole nitrogens is 1. The zero-order chi connectivity index (χ0) is 17.0. The van der Waals surface area contributed by atoms with Gasteiger partial charge in [0.1, 0.15) is 0 Å². The van der Waals surface area contributed by atoms with Crippen LogP contribution in [0.2, 0.25) is 0 Å². The van der Waals surface area contributed by atoms with E-state index in [0.29, 0.717) is 6.54 Å². The van der Waals surface area contributed by atoms with Gasteiger partial charge >= 0.3 is 0 Å². The molecule has 0 fully saturated rings. The van der Waals surface area contributed by atoms with Crippen LogP contribution >= 0.6 is 0 Å². The quantitative estimate of drug-likeness (QED) is 0.355. The number of hydrogen-bond acceptors (Lipinski definition) is 2. The fraction of sp³-hybridized carbons (Fsp3) is 0.526. The van der Waals surface area contributed by atoms with Gasteiger partial charge in [0.15, 0.2) is 5.96 Å². The number of fused-ring (bicyclic) bond motifs is 1. The van der Waals surface area contributed by atoms with E-state index < -0.39 is 0 Å². The summed E-state index contributed by atoms with van der Waals surface area (Å²) in [5.74, 6) is 0.852. The van der Waals surface area contributed by atoms with Crippen molar-refractivity contribution < 1.29 is 4.74 Å². The molecule has 0 aliphatic heterocycles. The summed E-state index contributed by atoms with van der Waals surface area (Å²) >= 11 is 0. The lowest BCUT2D eigenvalue weighted by Crippen LogP contribution is -2.38. The fourth-order valence-electron chi connectivity index (χ4n) is 2.45. The summed E-state index contributed by atoms with van der Waals surface area (Å²) in [5.41, 5.74) is 2.28. The third-order valence-electron chi connectivity index (χ3n) is 3.74. The molecule has 2 aromatic rings. The maximum Gasteiger partial charge on any atom is 0.191 e. The first kappa shape index (κ1) is 18.3. The lowest BCUT2D eigenvalue weighted by Gasteiger charge is -2.11. The molecule has 3 N–H and O–H groups in total. The molecular weight excluding hydrogens is 300 g/mol. The van der Waals surface area contributed by atoms with Crippen molar-refractivity contribution in [2.45, 2.75) is 39.7 Å². The number of aromatic nitrogens is 1. The van der Waals surface area contributed by atoms with Gasteiger partial charge in [0.05, 0.1) is 6.54 Å². The second-order valence-electron chi connectivity index (χ2n) is 5.82. The Morgan fingerprint density at radius 1 is 1.12 bits per heavy atom. The number of ether oxygens (including phenoxy) is 1. The molecule has 1 aromatic carbocycles. The maximum absolute atomic E-state index is 5.57. The number of rotatable bonds is 10. The monoisotopic (exact) mass is 330 g/mol. The highest BCUT2D eigenvalue weighted by molar-refractivity contribution is 5.81. The van der Waals surface area contributed by atoms with Crippen LogP contribution in [0.15, 0.2) is 35.3 Å². The van der Waals surface area contributed by atoms with Gasteiger partial charge in [-0.05, 0) is 37.3 Å². The zero-order valence-corrected chi connectivity index (χ0v) is 14.9. The van der Waals surface area contributed by atoms with Gasteiger partial charge in [0.25, 0.3) is 0 Å². The van der Waals surface area contributed by atoms with Crippen LogP contribution in [-0.2, 0) is 11.3 Å². The Labute approximate surface area is 144 Å². The molecular formula is C19H30N4O. The van der Waals surface area contributed by atoms with Crippen LogP contribution in [0.1, 0.15) is 38.8 Å². The number of aromatic amines is 1. The molecule has 24 heavy (non-hydrogen) atoms. The number of hydrogen-bond donors (Lipinski definition) is 3. The average molecular weight is 330 g/mol. The minimum absolute atomic E-state index is 0.636. The van der Waals surface area contributed by atoms with Gasteiger partial charge in [0, 0.05) is 37.5 Å². The molecule has 0 amide bonds. The molecule has 0 saturated heterocycles. The van der Waals surface area contributed by atoms with E-state index in [2.05, 4.69) is 58.7 Å². The summed E-state index contributed by atoms with van der Waals surface area (Å²) in [6, 6.07) is 10.5. The number of para-hydroxylation sites is 1. The number of benzene rings is 1. The number of nitrogens with one attached hydrogen (secondary N) is 3. The van der Waals surface area contributed by atoms with Gasteiger partial charge in [-0.3, -0.25) is 0 Å². The summed E-state index contributed by atoms with van der Waals surface area (Å²) < 4.78 is 5.57. The molecule has 0 spiro atoms. The second-order valence-corrected chi connectivity index (χ2v) is 5.82. The van der Waals surface area contributed by atoms with Crippen molar-refractivity contribution in [3.05, 3.63) is 36.0 Å². The topological polar surface area (TPSA) is 61.4 Å². The lowest BCUT2D eigenvalue weighted by atomic mass is 10.2. The number of unbranched alkanes of at least 4 members (excludes halogenated alkanes) is 1. The number of aliphatic imine (C=N–C) groups is 1. The number of guanidine groups is 1. The van der Waals surface area contributed by atoms with Gasteiger partial charge in [-0.1, -0.05) is 31.5 Å². The molecule has 0 aliphatic carbocycles. The molecule has 0 unspecified atom stereocenters. The molecule has 2 rings (SSSR count). The molecule has 0 radical (unpaired) electrons. The molecule has 5 heteroatoms. The van der Waals surface area contributed by atoms with Crippen molar-refractivity contribution in [2.75, 3.05) is 26.3 Å². The van der Waals surface area contributed by atoms with Crippen LogP contribution in [0.25, 0.3) is 10.9 Å². The van der Waals surface area contributed by atoms with Crippen LogP contribution in [0.3, 0.4) is 0 Å². The predicted molar refractivity (Wildman–Crippen MR) is 101 cm³/mol. The molecule has 5 nitrogen and oxygen atoms in total. The first-order chi connectivity index (χ1) is 11.8. The molecule has 0 bridgehead atoms. The van der Waals surface area contributed by atoms with E-state index in [0.717, 1.165) is 56.3 Å². The van der Waals surface area contributed by atoms with Crippen LogP contribution in [-0.4, -0.2) is 37.2 Å². The van der Waals surface area contributed by atoms with E-state index in [4.69, 9.17) is 4.74 Å². The highest BCUT2D eigenvalue weighted by atomic mass is 16.5. The van der Waals surface area contributed by atoms with E-state index in [9.17, 15) is 0 Å². The smallest absolute Gasteiger partial charge is 0.191 e. The van der Waals surface area contributed by atoms with Gasteiger partial charge in [-0.15, -0.1) is 0 Å². The van der Waals surface area contributed by atoms with Crippen molar-refractivity contribution in [3.63, 3.8) is 0 Å². The Morgan fingerprint density at radius 2 is 1.96 bits per heavy atom. The third kappa shape index (κ3) is 6.24. The van der Waals surface area contributed by atoms with Crippen molar-refractivity contribution in [2.24, 2.45) is 4.99 Å². The molecule has 1 heterocycles. The van der Waals surface area contributed by atoms with Crippen molar-refractivity contribution in [3.8, 4) is 0 Å². The highest BCUT2D eigenvalue weighted by Gasteiger charge is 2.01. The second kappa shape index (κ2) is 10.7. The first-order valence-corrected chi connectivity index (χ1v) is 9.00. The molecule has 0 aliphatic rings. The summed E-state index contributed by atoms with van der Waals surface area (Å²) in [6.07, 6.45) is 3.31. The summed E-state index contributed by atoms with van der Waals surface area (Å²) in [4.78, 5) is 8.05. The molecule has 0 atom stereocenters. The minimum Gasteiger partial charge on any atom is -0.381 e. The van der Waals surface area contributed by atoms with Gasteiger partial charge < -0.3 is 20.4 Å². The van der Waals surface area contributed by atoms with E-state index in [1.165, 1.54) is 11.8 Å². The van der Waals surface area contributed by atoms with Crippen LogP contribution in [0, 0.1) is 0 Å². The minimum atomic E-state index is 0.636. The van der Waals surface area contributed by atoms with Gasteiger partial charge in [-0.2, -0.15) is 0 Å². The first-order valence-electron chi connectivity index (χ1n) is 9.00. The van der Waals surface area contributed by atoms with E-state index in [1.807, 2.05) is 6.07 Å². The van der Waals surface area contributed by atoms with Crippen LogP contribution in [0.4, 0.5) is 0 Å². The zero-order valence-electron chi connectivity index (χ0n) is 14.9. The number of nitrogens with zero attached hydrogens (tertiary/aromatic N) is 1. The van der Waals surface area contributed by atoms with Gasteiger partial charge in [0.2, 0.25) is 0 Å². The lowest BCUT2D eigenvalue weighted by molar-refractivity contribution is 0.129. The maximum atomic E-state index is 5.57. The Bertz CT molecular complexity index is 588. The highest BCUT2D eigenvalue weighted by Crippen LogP contribution is 2.14.